The first kappa shape index (κ1) is 21.4. The maximum Gasteiger partial charge on any atom is 0.276 e. The van der Waals surface area contributed by atoms with Gasteiger partial charge in [-0.1, -0.05) is 59.8 Å². The number of hydrogen-bond acceptors (Lipinski definition) is 7. The first-order valence-corrected chi connectivity index (χ1v) is 11.5. The van der Waals surface area contributed by atoms with Crippen molar-refractivity contribution in [3.05, 3.63) is 93.5 Å². The van der Waals surface area contributed by atoms with Crippen LogP contribution in [-0.2, 0) is 10.5 Å². The first-order chi connectivity index (χ1) is 16.0. The molecule has 1 unspecified atom stereocenters. The minimum Gasteiger partial charge on any atom is -0.504 e. The molecule has 0 saturated heterocycles. The van der Waals surface area contributed by atoms with E-state index in [-0.39, 0.29) is 11.7 Å². The third kappa shape index (κ3) is 4.15. The zero-order valence-electron chi connectivity index (χ0n) is 17.5. The fraction of sp³-hybridized carbons (Fsp3) is 0.125. The van der Waals surface area contributed by atoms with Gasteiger partial charge in [-0.2, -0.15) is 0 Å². The molecular formula is C24H19ClN4O3S. The van der Waals surface area contributed by atoms with Gasteiger partial charge in [0.25, 0.3) is 5.91 Å². The van der Waals surface area contributed by atoms with E-state index < -0.39 is 6.17 Å². The van der Waals surface area contributed by atoms with Crippen LogP contribution in [0.2, 0.25) is 5.02 Å². The zero-order valence-corrected chi connectivity index (χ0v) is 19.1. The molecule has 166 valence electrons. The number of halogens is 1. The number of rotatable bonds is 4. The highest BCUT2D eigenvalue weighted by atomic mass is 35.5. The number of benzene rings is 3. The van der Waals surface area contributed by atoms with Crippen molar-refractivity contribution in [1.29, 1.82) is 0 Å². The molecule has 0 bridgehead atoms. The van der Waals surface area contributed by atoms with E-state index in [9.17, 15) is 9.90 Å². The van der Waals surface area contributed by atoms with Gasteiger partial charge in [0.2, 0.25) is 0 Å². The van der Waals surface area contributed by atoms with Gasteiger partial charge in [-0.05, 0) is 35.9 Å². The Morgan fingerprint density at radius 1 is 1.15 bits per heavy atom. The normalized spacial score (nSPS) is 16.8. The van der Waals surface area contributed by atoms with E-state index in [1.807, 2.05) is 48.5 Å². The van der Waals surface area contributed by atoms with E-state index in [0.29, 0.717) is 38.0 Å². The number of ether oxygens (including phenoxy) is 1. The van der Waals surface area contributed by atoms with Crippen molar-refractivity contribution in [3.8, 4) is 11.5 Å². The second kappa shape index (κ2) is 8.80. The predicted molar refractivity (Wildman–Crippen MR) is 128 cm³/mol. The van der Waals surface area contributed by atoms with E-state index in [1.54, 1.807) is 23.2 Å². The maximum absolute atomic E-state index is 13.2. The zero-order chi connectivity index (χ0) is 22.9. The number of thioether (sulfide) groups is 1. The predicted octanol–water partition coefficient (Wildman–Crippen LogP) is 3.13. The second-order valence-electron chi connectivity index (χ2n) is 7.42. The number of phenolic OH excluding ortho intramolecular Hbond substituents is 1. The Balaban J connectivity index is 1.56. The fourth-order valence-electron chi connectivity index (χ4n) is 3.70. The molecule has 0 spiro atoms. The van der Waals surface area contributed by atoms with Crippen molar-refractivity contribution >= 4 is 40.1 Å². The Kier molecular flexibility index (Phi) is 5.70. The number of para-hydroxylation sites is 1. The number of amides is 1. The van der Waals surface area contributed by atoms with Gasteiger partial charge in [0.15, 0.2) is 22.8 Å². The molecule has 5 rings (SSSR count). The summed E-state index contributed by atoms with van der Waals surface area (Å²) in [7, 11) is 1.49. The van der Waals surface area contributed by atoms with Gasteiger partial charge in [-0.3, -0.25) is 15.1 Å². The topological polar surface area (TPSA) is 86.5 Å². The standard InChI is InChI=1S/C24H19ClN4O3S/c1-32-20-12-15(8-11-19(20)30)22-26-18-5-3-2-4-17(18)21-23(31)27-24(28-29(21)22)33-13-14-6-9-16(25)10-7-14/h2-12,22,30H,13H2,1H3,(H,27,28,31). The SMILES string of the molecule is COc1cc(C2N=c3ccccc3=C3C(=O)NC(SCc4ccc(Cl)cc4)=NN32)ccc1O. The molecule has 1 atom stereocenters. The summed E-state index contributed by atoms with van der Waals surface area (Å²) < 4.78 is 5.27. The van der Waals surface area contributed by atoms with Gasteiger partial charge in [0.05, 0.1) is 12.5 Å². The van der Waals surface area contributed by atoms with E-state index in [0.717, 1.165) is 11.1 Å². The summed E-state index contributed by atoms with van der Waals surface area (Å²) in [4.78, 5) is 18.1. The number of hydrogen-bond donors (Lipinski definition) is 2. The molecule has 0 aromatic heterocycles. The van der Waals surface area contributed by atoms with Gasteiger partial charge in [-0.15, -0.1) is 5.10 Å². The average Bonchev–Trinajstić information content (AvgIpc) is 2.83. The molecule has 3 aromatic rings. The molecule has 0 saturated carbocycles. The van der Waals surface area contributed by atoms with Crippen LogP contribution < -0.4 is 20.6 Å². The summed E-state index contributed by atoms with van der Waals surface area (Å²) >= 11 is 7.39. The van der Waals surface area contributed by atoms with Crippen LogP contribution >= 0.6 is 23.4 Å². The molecule has 7 nitrogen and oxygen atoms in total. The number of aromatic hydroxyl groups is 1. The van der Waals surface area contributed by atoms with Crippen molar-refractivity contribution in [1.82, 2.24) is 10.3 Å². The highest BCUT2D eigenvalue weighted by molar-refractivity contribution is 8.13. The molecule has 33 heavy (non-hydrogen) atoms. The minimum atomic E-state index is -0.596. The summed E-state index contributed by atoms with van der Waals surface area (Å²) in [5.74, 6) is 0.721. The number of fused-ring (bicyclic) bond motifs is 2. The largest absolute Gasteiger partial charge is 0.504 e. The van der Waals surface area contributed by atoms with Gasteiger partial charge in [0.1, 0.15) is 5.70 Å². The Labute approximate surface area is 199 Å². The highest BCUT2D eigenvalue weighted by Crippen LogP contribution is 2.35. The minimum absolute atomic E-state index is 0.0285. The average molecular weight is 479 g/mol. The Hall–Kier alpha value is -3.49. The van der Waals surface area contributed by atoms with Crippen LogP contribution in [0.15, 0.2) is 76.8 Å². The van der Waals surface area contributed by atoms with Gasteiger partial charge in [0, 0.05) is 21.6 Å². The molecule has 2 N–H and O–H groups in total. The first-order valence-electron chi connectivity index (χ1n) is 10.1. The summed E-state index contributed by atoms with van der Waals surface area (Å²) in [5.41, 5.74) is 2.22. The van der Waals surface area contributed by atoms with Crippen LogP contribution in [0.25, 0.3) is 5.70 Å². The number of amidine groups is 1. The van der Waals surface area contributed by atoms with E-state index >= 15 is 0 Å². The van der Waals surface area contributed by atoms with E-state index in [1.165, 1.54) is 18.9 Å². The lowest BCUT2D eigenvalue weighted by Gasteiger charge is -2.34. The maximum atomic E-state index is 13.2. The van der Waals surface area contributed by atoms with Crippen molar-refractivity contribution in [2.75, 3.05) is 7.11 Å². The molecule has 0 fully saturated rings. The number of carbonyl (C=O) groups is 1. The van der Waals surface area contributed by atoms with Gasteiger partial charge >= 0.3 is 0 Å². The highest BCUT2D eigenvalue weighted by Gasteiger charge is 2.34. The van der Waals surface area contributed by atoms with Crippen molar-refractivity contribution in [2.45, 2.75) is 11.9 Å². The summed E-state index contributed by atoms with van der Waals surface area (Å²) in [5, 5.41) is 21.9. The number of nitrogens with zero attached hydrogens (tertiary/aromatic N) is 3. The molecule has 0 radical (unpaired) electrons. The van der Waals surface area contributed by atoms with E-state index in [4.69, 9.17) is 26.4 Å². The van der Waals surface area contributed by atoms with Crippen LogP contribution in [0, 0.1) is 0 Å². The molecule has 3 aromatic carbocycles. The number of methoxy groups -OCH3 is 1. The third-order valence-corrected chi connectivity index (χ3v) is 6.49. The Morgan fingerprint density at radius 3 is 2.73 bits per heavy atom. The number of nitrogens with one attached hydrogen (secondary N) is 1. The summed E-state index contributed by atoms with van der Waals surface area (Å²) in [6, 6.07) is 20.0. The molecule has 2 aliphatic heterocycles. The number of phenols is 1. The lowest BCUT2D eigenvalue weighted by molar-refractivity contribution is -0.116. The molecule has 1 amide bonds. The number of hydrazone groups is 1. The summed E-state index contributed by atoms with van der Waals surface area (Å²) in [6.45, 7) is 0. The monoisotopic (exact) mass is 478 g/mol. The molecule has 2 heterocycles. The van der Waals surface area contributed by atoms with Crippen molar-refractivity contribution in [2.24, 2.45) is 10.1 Å². The quantitative estimate of drug-likeness (QED) is 0.601. The fourth-order valence-corrected chi connectivity index (χ4v) is 4.63. The van der Waals surface area contributed by atoms with Crippen LogP contribution in [0.5, 0.6) is 11.5 Å². The van der Waals surface area contributed by atoms with Crippen molar-refractivity contribution in [3.63, 3.8) is 0 Å². The Bertz CT molecular complexity index is 1390. The molecule has 0 aliphatic carbocycles. The van der Waals surface area contributed by atoms with Gasteiger partial charge in [-0.25, -0.2) is 5.01 Å². The molecular weight excluding hydrogens is 460 g/mol. The lowest BCUT2D eigenvalue weighted by atomic mass is 10.1. The third-order valence-electron chi connectivity index (χ3n) is 5.31. The Morgan fingerprint density at radius 2 is 1.94 bits per heavy atom. The van der Waals surface area contributed by atoms with Crippen LogP contribution in [0.3, 0.4) is 0 Å². The number of carbonyl (C=O) groups excluding carboxylic acids is 1. The molecule has 2 aliphatic rings. The second-order valence-corrected chi connectivity index (χ2v) is 8.82. The van der Waals surface area contributed by atoms with Gasteiger partial charge < -0.3 is 9.84 Å². The van der Waals surface area contributed by atoms with Crippen LogP contribution in [-0.4, -0.2) is 28.3 Å². The smallest absolute Gasteiger partial charge is 0.276 e. The molecule has 9 heteroatoms. The summed E-state index contributed by atoms with van der Waals surface area (Å²) in [6.07, 6.45) is -0.596. The van der Waals surface area contributed by atoms with Crippen LogP contribution in [0.1, 0.15) is 17.3 Å². The van der Waals surface area contributed by atoms with Crippen molar-refractivity contribution < 1.29 is 14.6 Å². The van der Waals surface area contributed by atoms with E-state index in [2.05, 4.69) is 5.32 Å². The lowest BCUT2D eigenvalue weighted by Crippen LogP contribution is -2.50. The van der Waals surface area contributed by atoms with Crippen LogP contribution in [0.4, 0.5) is 0 Å².